The maximum atomic E-state index is 12.0. The number of aromatic nitrogens is 2. The van der Waals surface area contributed by atoms with Crippen LogP contribution in [0.5, 0.6) is 0 Å². The molecule has 2 heterocycles. The van der Waals surface area contributed by atoms with Crippen LogP contribution in [-0.4, -0.2) is 27.8 Å². The Morgan fingerprint density at radius 2 is 2.00 bits per heavy atom. The number of halogens is 1. The van der Waals surface area contributed by atoms with Crippen LogP contribution in [0.3, 0.4) is 0 Å². The first-order valence-corrected chi connectivity index (χ1v) is 8.19. The maximum absolute atomic E-state index is 12.0. The molecule has 3 rings (SSSR count). The Morgan fingerprint density at radius 1 is 1.20 bits per heavy atom. The second kappa shape index (κ2) is 7.36. The summed E-state index contributed by atoms with van der Waals surface area (Å²) in [6.07, 6.45) is 3.93. The van der Waals surface area contributed by atoms with Crippen molar-refractivity contribution in [3.63, 3.8) is 0 Å². The minimum absolute atomic E-state index is 0.198. The highest BCUT2D eigenvalue weighted by Gasteiger charge is 2.17. The number of carbonyl (C=O) groups excluding carboxylic acids is 2. The molecule has 25 heavy (non-hydrogen) atoms. The number of benzene rings is 1. The van der Waals surface area contributed by atoms with Gasteiger partial charge in [-0.1, -0.05) is 29.8 Å². The Bertz CT molecular complexity index is 905. The van der Waals surface area contributed by atoms with E-state index in [0.717, 1.165) is 16.5 Å². The van der Waals surface area contributed by atoms with E-state index >= 15 is 0 Å². The van der Waals surface area contributed by atoms with Gasteiger partial charge in [0.1, 0.15) is 5.82 Å². The van der Waals surface area contributed by atoms with Gasteiger partial charge in [0, 0.05) is 29.3 Å². The van der Waals surface area contributed by atoms with Gasteiger partial charge in [-0.25, -0.2) is 4.98 Å². The summed E-state index contributed by atoms with van der Waals surface area (Å²) in [7, 11) is 0. The van der Waals surface area contributed by atoms with Crippen LogP contribution in [0, 0.1) is 0 Å². The Hall–Kier alpha value is -2.86. The van der Waals surface area contributed by atoms with Gasteiger partial charge in [-0.2, -0.15) is 0 Å². The highest BCUT2D eigenvalue weighted by atomic mass is 35.5. The molecule has 6 nitrogen and oxygen atoms in total. The van der Waals surface area contributed by atoms with Crippen molar-refractivity contribution in [1.82, 2.24) is 15.3 Å². The molecule has 0 saturated carbocycles. The van der Waals surface area contributed by atoms with E-state index in [1.165, 1.54) is 12.3 Å². The van der Waals surface area contributed by atoms with Crippen LogP contribution >= 0.6 is 11.6 Å². The van der Waals surface area contributed by atoms with Gasteiger partial charge in [0.25, 0.3) is 0 Å². The van der Waals surface area contributed by atoms with Gasteiger partial charge in [0.05, 0.1) is 5.02 Å². The Kier molecular flexibility index (Phi) is 5.00. The summed E-state index contributed by atoms with van der Waals surface area (Å²) in [4.78, 5) is 31.1. The van der Waals surface area contributed by atoms with Crippen LogP contribution in [0.25, 0.3) is 10.9 Å². The number of nitrogens with zero attached hydrogens (tertiary/aromatic N) is 1. The lowest BCUT2D eigenvalue weighted by Gasteiger charge is -2.13. The zero-order chi connectivity index (χ0) is 17.8. The second-order valence-corrected chi connectivity index (χ2v) is 6.19. The summed E-state index contributed by atoms with van der Waals surface area (Å²) >= 11 is 5.73. The van der Waals surface area contributed by atoms with Crippen molar-refractivity contribution in [2.45, 2.75) is 19.4 Å². The van der Waals surface area contributed by atoms with Crippen molar-refractivity contribution in [1.29, 1.82) is 0 Å². The van der Waals surface area contributed by atoms with E-state index in [1.807, 2.05) is 37.4 Å². The van der Waals surface area contributed by atoms with Crippen LogP contribution in [0.1, 0.15) is 12.5 Å². The Labute approximate surface area is 149 Å². The van der Waals surface area contributed by atoms with Gasteiger partial charge in [-0.3, -0.25) is 9.59 Å². The third-order valence-electron chi connectivity index (χ3n) is 3.75. The van der Waals surface area contributed by atoms with Gasteiger partial charge in [0.15, 0.2) is 0 Å². The van der Waals surface area contributed by atoms with E-state index in [-0.39, 0.29) is 11.9 Å². The van der Waals surface area contributed by atoms with Crippen molar-refractivity contribution >= 4 is 40.1 Å². The molecule has 2 aromatic heterocycles. The predicted molar refractivity (Wildman–Crippen MR) is 97.5 cm³/mol. The molecule has 0 radical (unpaired) electrons. The first-order chi connectivity index (χ1) is 12.0. The summed E-state index contributed by atoms with van der Waals surface area (Å²) in [6, 6.07) is 10.9. The fourth-order valence-corrected chi connectivity index (χ4v) is 2.71. The van der Waals surface area contributed by atoms with Gasteiger partial charge >= 0.3 is 11.8 Å². The number of rotatable bonds is 4. The monoisotopic (exact) mass is 356 g/mol. The van der Waals surface area contributed by atoms with Gasteiger partial charge in [0.2, 0.25) is 0 Å². The molecular formula is C18H17ClN4O2. The fourth-order valence-electron chi connectivity index (χ4n) is 2.59. The zero-order valence-electron chi connectivity index (χ0n) is 13.5. The number of pyridine rings is 1. The van der Waals surface area contributed by atoms with Crippen LogP contribution < -0.4 is 10.6 Å². The molecule has 1 aromatic carbocycles. The quantitative estimate of drug-likeness (QED) is 0.628. The topological polar surface area (TPSA) is 86.9 Å². The third kappa shape index (κ3) is 4.16. The van der Waals surface area contributed by atoms with Gasteiger partial charge in [-0.05, 0) is 37.1 Å². The second-order valence-electron chi connectivity index (χ2n) is 5.75. The largest absolute Gasteiger partial charge is 0.361 e. The highest BCUT2D eigenvalue weighted by molar-refractivity contribution is 6.39. The van der Waals surface area contributed by atoms with Crippen LogP contribution in [0.15, 0.2) is 48.8 Å². The molecule has 7 heteroatoms. The molecule has 0 fully saturated rings. The van der Waals surface area contributed by atoms with E-state index < -0.39 is 11.8 Å². The molecule has 0 unspecified atom stereocenters. The molecule has 3 aromatic rings. The molecule has 0 aliphatic heterocycles. The molecule has 128 valence electrons. The minimum Gasteiger partial charge on any atom is -0.361 e. The predicted octanol–water partition coefficient (Wildman–Crippen LogP) is 2.90. The molecular weight excluding hydrogens is 340 g/mol. The zero-order valence-corrected chi connectivity index (χ0v) is 14.3. The van der Waals surface area contributed by atoms with Gasteiger partial charge in [-0.15, -0.1) is 0 Å². The van der Waals surface area contributed by atoms with Crippen molar-refractivity contribution in [3.8, 4) is 0 Å². The summed E-state index contributed by atoms with van der Waals surface area (Å²) < 4.78 is 0. The molecule has 0 saturated heterocycles. The number of anilines is 1. The first-order valence-electron chi connectivity index (χ1n) is 7.81. The average molecular weight is 357 g/mol. The Morgan fingerprint density at radius 3 is 2.76 bits per heavy atom. The Balaban J connectivity index is 1.58. The number of nitrogens with one attached hydrogen (secondary N) is 3. The third-order valence-corrected chi connectivity index (χ3v) is 3.98. The van der Waals surface area contributed by atoms with E-state index in [4.69, 9.17) is 11.6 Å². The lowest BCUT2D eigenvalue weighted by atomic mass is 10.1. The van der Waals surface area contributed by atoms with Crippen molar-refractivity contribution < 1.29 is 9.59 Å². The smallest absolute Gasteiger partial charge is 0.314 e. The summed E-state index contributed by atoms with van der Waals surface area (Å²) in [5, 5.41) is 6.69. The standard InChI is InChI=1S/C18H17ClN4O2/c1-11(8-12-9-20-15-5-3-2-4-14(12)15)22-17(24)18(25)23-16-7-6-13(19)10-21-16/h2-7,9-11,20H,8H2,1H3,(H,22,24)(H,21,23,25)/t11-/m0/s1. The van der Waals surface area contributed by atoms with Crippen LogP contribution in [0.2, 0.25) is 5.02 Å². The molecule has 0 bridgehead atoms. The number of amides is 2. The van der Waals surface area contributed by atoms with Crippen molar-refractivity contribution in [3.05, 3.63) is 59.4 Å². The first kappa shape index (κ1) is 17.0. The van der Waals surface area contributed by atoms with E-state index in [1.54, 1.807) is 6.07 Å². The number of hydrogen-bond donors (Lipinski definition) is 3. The molecule has 3 N–H and O–H groups in total. The number of fused-ring (bicyclic) bond motifs is 1. The number of aromatic amines is 1. The van der Waals surface area contributed by atoms with Crippen molar-refractivity contribution in [2.24, 2.45) is 0 Å². The number of carbonyl (C=O) groups is 2. The highest BCUT2D eigenvalue weighted by Crippen LogP contribution is 2.19. The van der Waals surface area contributed by atoms with E-state index in [0.29, 0.717) is 11.4 Å². The maximum Gasteiger partial charge on any atom is 0.314 e. The van der Waals surface area contributed by atoms with E-state index in [2.05, 4.69) is 20.6 Å². The van der Waals surface area contributed by atoms with Crippen molar-refractivity contribution in [2.75, 3.05) is 5.32 Å². The normalized spacial score (nSPS) is 11.9. The molecule has 2 amide bonds. The minimum atomic E-state index is -0.763. The molecule has 0 aliphatic rings. The molecule has 0 aliphatic carbocycles. The lowest BCUT2D eigenvalue weighted by Crippen LogP contribution is -2.41. The van der Waals surface area contributed by atoms with Crippen LogP contribution in [0.4, 0.5) is 5.82 Å². The average Bonchev–Trinajstić information content (AvgIpc) is 3.00. The number of para-hydroxylation sites is 1. The molecule has 1 atom stereocenters. The van der Waals surface area contributed by atoms with Gasteiger partial charge < -0.3 is 15.6 Å². The number of hydrogen-bond acceptors (Lipinski definition) is 3. The lowest BCUT2D eigenvalue weighted by molar-refractivity contribution is -0.136. The van der Waals surface area contributed by atoms with Crippen LogP contribution in [-0.2, 0) is 16.0 Å². The summed E-state index contributed by atoms with van der Waals surface area (Å²) in [5.41, 5.74) is 2.13. The van der Waals surface area contributed by atoms with E-state index in [9.17, 15) is 9.59 Å². The number of H-pyrrole nitrogens is 1. The fraction of sp³-hybridized carbons (Fsp3) is 0.167. The SMILES string of the molecule is C[C@@H](Cc1c[nH]c2ccccc12)NC(=O)C(=O)Nc1ccc(Cl)cn1. The summed E-state index contributed by atoms with van der Waals surface area (Å²) in [5.74, 6) is -1.20. The summed E-state index contributed by atoms with van der Waals surface area (Å²) in [6.45, 7) is 1.85. The molecule has 0 spiro atoms.